The fourth-order valence-corrected chi connectivity index (χ4v) is 3.39. The summed E-state index contributed by atoms with van der Waals surface area (Å²) in [7, 11) is 3.97. The number of hydrogen-bond acceptors (Lipinski definition) is 5. The highest BCUT2D eigenvalue weighted by atomic mass is 35.5. The number of carbonyl (C=O) groups excluding carboxylic acids is 1. The summed E-state index contributed by atoms with van der Waals surface area (Å²) >= 11 is 7.50. The van der Waals surface area contributed by atoms with E-state index in [-0.39, 0.29) is 12.3 Å². The van der Waals surface area contributed by atoms with Crippen LogP contribution in [0.4, 0.5) is 5.69 Å². The number of nitrogens with one attached hydrogen (secondary N) is 1. The first-order chi connectivity index (χ1) is 13.0. The van der Waals surface area contributed by atoms with E-state index < -0.39 is 0 Å². The predicted molar refractivity (Wildman–Crippen MR) is 113 cm³/mol. The molecule has 0 spiro atoms. The predicted octanol–water partition coefficient (Wildman–Crippen LogP) is 4.22. The van der Waals surface area contributed by atoms with Crippen LogP contribution in [-0.4, -0.2) is 31.2 Å². The number of nitrogens with zero attached hydrogens (tertiary/aromatic N) is 3. The van der Waals surface area contributed by atoms with Gasteiger partial charge in [-0.1, -0.05) is 35.9 Å². The quantitative estimate of drug-likeness (QED) is 0.499. The second-order valence-electron chi connectivity index (χ2n) is 6.11. The summed E-state index contributed by atoms with van der Waals surface area (Å²) in [6, 6.07) is 15.4. The molecule has 3 rings (SSSR count). The maximum Gasteiger partial charge on any atom is 0.246 e. The van der Waals surface area contributed by atoms with Crippen molar-refractivity contribution in [3.63, 3.8) is 0 Å². The minimum absolute atomic E-state index is 0.175. The van der Waals surface area contributed by atoms with Gasteiger partial charge in [-0.25, -0.2) is 10.4 Å². The summed E-state index contributed by atoms with van der Waals surface area (Å²) in [5.41, 5.74) is 6.21. The average molecular weight is 399 g/mol. The first kappa shape index (κ1) is 19.1. The Morgan fingerprint density at radius 3 is 2.74 bits per heavy atom. The molecular formula is C20H19ClN4OS. The zero-order valence-electron chi connectivity index (χ0n) is 15.0. The SMILES string of the molecule is CN(C)c1ccc(C=NNC(=O)Cc2csc(-c3cccc(Cl)c3)n2)cc1. The lowest BCUT2D eigenvalue weighted by molar-refractivity contribution is -0.120. The van der Waals surface area contributed by atoms with Gasteiger partial charge in [0.1, 0.15) is 5.01 Å². The molecule has 0 unspecified atom stereocenters. The van der Waals surface area contributed by atoms with Gasteiger partial charge >= 0.3 is 0 Å². The number of carbonyl (C=O) groups is 1. The maximum atomic E-state index is 12.1. The molecule has 1 heterocycles. The third kappa shape index (κ3) is 5.39. The number of amides is 1. The molecule has 0 radical (unpaired) electrons. The lowest BCUT2D eigenvalue weighted by atomic mass is 10.2. The highest BCUT2D eigenvalue weighted by molar-refractivity contribution is 7.13. The second kappa shape index (κ2) is 8.79. The van der Waals surface area contributed by atoms with Crippen LogP contribution in [0.15, 0.2) is 59.0 Å². The van der Waals surface area contributed by atoms with E-state index in [1.165, 1.54) is 11.3 Å². The standard InChI is InChI=1S/C20H19ClN4OS/c1-25(2)18-8-6-14(7-9-18)12-22-24-19(26)11-17-13-27-20(23-17)15-4-3-5-16(21)10-15/h3-10,12-13H,11H2,1-2H3,(H,24,26). The number of anilines is 1. The molecule has 138 valence electrons. The van der Waals surface area contributed by atoms with Gasteiger partial charge in [0, 0.05) is 35.7 Å². The third-order valence-electron chi connectivity index (χ3n) is 3.78. The molecule has 1 N–H and O–H groups in total. The van der Waals surface area contributed by atoms with Gasteiger partial charge in [-0.05, 0) is 29.8 Å². The molecular weight excluding hydrogens is 380 g/mol. The summed E-state index contributed by atoms with van der Waals surface area (Å²) in [6.45, 7) is 0. The molecule has 5 nitrogen and oxygen atoms in total. The van der Waals surface area contributed by atoms with E-state index in [1.54, 1.807) is 6.21 Å². The van der Waals surface area contributed by atoms with Gasteiger partial charge in [0.25, 0.3) is 0 Å². The van der Waals surface area contributed by atoms with Crippen LogP contribution < -0.4 is 10.3 Å². The number of benzene rings is 2. The van der Waals surface area contributed by atoms with Crippen molar-refractivity contribution >= 4 is 40.7 Å². The Hall–Kier alpha value is -2.70. The van der Waals surface area contributed by atoms with Gasteiger partial charge in [-0.15, -0.1) is 11.3 Å². The van der Waals surface area contributed by atoms with E-state index in [0.29, 0.717) is 10.7 Å². The van der Waals surface area contributed by atoms with Crippen molar-refractivity contribution in [1.29, 1.82) is 0 Å². The molecule has 27 heavy (non-hydrogen) atoms. The van der Waals surface area contributed by atoms with E-state index in [9.17, 15) is 4.79 Å². The Labute approximate surface area is 167 Å². The van der Waals surface area contributed by atoms with E-state index in [4.69, 9.17) is 11.6 Å². The second-order valence-corrected chi connectivity index (χ2v) is 7.40. The smallest absolute Gasteiger partial charge is 0.246 e. The summed E-state index contributed by atoms with van der Waals surface area (Å²) in [5.74, 6) is -0.209. The highest BCUT2D eigenvalue weighted by Gasteiger charge is 2.09. The van der Waals surface area contributed by atoms with Gasteiger partial charge in [0.15, 0.2) is 0 Å². The lowest BCUT2D eigenvalue weighted by Crippen LogP contribution is -2.19. The van der Waals surface area contributed by atoms with Crippen LogP contribution in [0, 0.1) is 0 Å². The first-order valence-electron chi connectivity index (χ1n) is 8.31. The van der Waals surface area contributed by atoms with Crippen LogP contribution in [-0.2, 0) is 11.2 Å². The Bertz CT molecular complexity index is 951. The third-order valence-corrected chi connectivity index (χ3v) is 4.95. The van der Waals surface area contributed by atoms with Gasteiger partial charge in [-0.3, -0.25) is 4.79 Å². The van der Waals surface area contributed by atoms with Crippen molar-refractivity contribution in [3.8, 4) is 10.6 Å². The maximum absolute atomic E-state index is 12.1. The largest absolute Gasteiger partial charge is 0.378 e. The van der Waals surface area contributed by atoms with Crippen LogP contribution in [0.1, 0.15) is 11.3 Å². The molecule has 7 heteroatoms. The minimum Gasteiger partial charge on any atom is -0.378 e. The number of hydrazone groups is 1. The summed E-state index contributed by atoms with van der Waals surface area (Å²) in [4.78, 5) is 18.6. The molecule has 0 saturated carbocycles. The van der Waals surface area contributed by atoms with E-state index >= 15 is 0 Å². The van der Waals surface area contributed by atoms with Crippen molar-refractivity contribution in [2.45, 2.75) is 6.42 Å². The monoisotopic (exact) mass is 398 g/mol. The van der Waals surface area contributed by atoms with Crippen molar-refractivity contribution in [3.05, 3.63) is 70.2 Å². The van der Waals surface area contributed by atoms with Crippen LogP contribution in [0.2, 0.25) is 5.02 Å². The number of hydrogen-bond donors (Lipinski definition) is 1. The number of thiazole rings is 1. The molecule has 1 amide bonds. The molecule has 0 aliphatic rings. The Morgan fingerprint density at radius 1 is 1.26 bits per heavy atom. The Kier molecular flexibility index (Phi) is 6.21. The summed E-state index contributed by atoms with van der Waals surface area (Å²) in [5, 5.41) is 7.38. The Balaban J connectivity index is 1.55. The zero-order valence-corrected chi connectivity index (χ0v) is 16.6. The molecule has 0 aliphatic heterocycles. The van der Waals surface area contributed by atoms with Gasteiger partial charge in [0.05, 0.1) is 18.3 Å². The molecule has 2 aromatic carbocycles. The molecule has 0 atom stereocenters. The van der Waals surface area contributed by atoms with Crippen molar-refractivity contribution < 1.29 is 4.79 Å². The van der Waals surface area contributed by atoms with Gasteiger partial charge in [-0.2, -0.15) is 5.10 Å². The van der Waals surface area contributed by atoms with Gasteiger partial charge in [0.2, 0.25) is 5.91 Å². The normalized spacial score (nSPS) is 10.9. The fourth-order valence-electron chi connectivity index (χ4n) is 2.38. The lowest BCUT2D eigenvalue weighted by Gasteiger charge is -2.11. The van der Waals surface area contributed by atoms with Crippen molar-refractivity contribution in [2.24, 2.45) is 5.10 Å². The topological polar surface area (TPSA) is 57.6 Å². The van der Waals surface area contributed by atoms with Gasteiger partial charge < -0.3 is 4.90 Å². The molecule has 0 bridgehead atoms. The molecule has 3 aromatic rings. The number of rotatable bonds is 6. The van der Waals surface area contributed by atoms with E-state index in [1.807, 2.05) is 72.9 Å². The van der Waals surface area contributed by atoms with Crippen LogP contribution in [0.3, 0.4) is 0 Å². The zero-order chi connectivity index (χ0) is 19.2. The van der Waals surface area contributed by atoms with Crippen molar-refractivity contribution in [2.75, 3.05) is 19.0 Å². The molecule has 0 saturated heterocycles. The van der Waals surface area contributed by atoms with Crippen LogP contribution in [0.5, 0.6) is 0 Å². The summed E-state index contributed by atoms with van der Waals surface area (Å²) in [6.07, 6.45) is 1.80. The average Bonchev–Trinajstić information content (AvgIpc) is 3.10. The summed E-state index contributed by atoms with van der Waals surface area (Å²) < 4.78 is 0. The van der Waals surface area contributed by atoms with Crippen LogP contribution in [0.25, 0.3) is 10.6 Å². The highest BCUT2D eigenvalue weighted by Crippen LogP contribution is 2.26. The minimum atomic E-state index is -0.209. The van der Waals surface area contributed by atoms with Crippen molar-refractivity contribution in [1.82, 2.24) is 10.4 Å². The fraction of sp³-hybridized carbons (Fsp3) is 0.150. The molecule has 0 aliphatic carbocycles. The van der Waals surface area contributed by atoms with E-state index in [0.717, 1.165) is 21.8 Å². The van der Waals surface area contributed by atoms with Crippen LogP contribution >= 0.6 is 22.9 Å². The Morgan fingerprint density at radius 2 is 2.04 bits per heavy atom. The van der Waals surface area contributed by atoms with E-state index in [2.05, 4.69) is 15.5 Å². The number of halogens is 1. The number of aromatic nitrogens is 1. The first-order valence-corrected chi connectivity index (χ1v) is 9.56. The molecule has 0 fully saturated rings. The molecule has 1 aromatic heterocycles.